The minimum Gasteiger partial charge on any atom is -0.346 e. The molecule has 0 radical (unpaired) electrons. The van der Waals surface area contributed by atoms with E-state index in [0.717, 1.165) is 14.4 Å². The first kappa shape index (κ1) is 11.8. The molecule has 1 N–H and O–H groups in total. The van der Waals surface area contributed by atoms with Crippen LogP contribution in [0.25, 0.3) is 0 Å². The number of nitrogens with zero attached hydrogens (tertiary/aromatic N) is 1. The summed E-state index contributed by atoms with van der Waals surface area (Å²) in [5, 5.41) is 7.51. The van der Waals surface area contributed by atoms with Crippen molar-refractivity contribution in [1.29, 1.82) is 0 Å². The Morgan fingerprint density at radius 3 is 2.88 bits per heavy atom. The number of thiazole rings is 1. The van der Waals surface area contributed by atoms with Gasteiger partial charge < -0.3 is 5.32 Å². The van der Waals surface area contributed by atoms with Crippen molar-refractivity contribution in [3.63, 3.8) is 0 Å². The van der Waals surface area contributed by atoms with Gasteiger partial charge in [0.1, 0.15) is 5.69 Å². The zero-order valence-electron chi connectivity index (χ0n) is 8.49. The average molecular weight is 317 g/mol. The van der Waals surface area contributed by atoms with Crippen molar-refractivity contribution < 1.29 is 4.79 Å². The van der Waals surface area contributed by atoms with Crippen LogP contribution in [0.4, 0.5) is 0 Å². The highest BCUT2D eigenvalue weighted by Gasteiger charge is 2.08. The molecule has 2 heterocycles. The molecular formula is C10H9BrN2OS2. The molecule has 0 aliphatic rings. The van der Waals surface area contributed by atoms with E-state index in [1.165, 1.54) is 11.3 Å². The van der Waals surface area contributed by atoms with Crippen LogP contribution in [0.2, 0.25) is 0 Å². The first-order valence-electron chi connectivity index (χ1n) is 4.58. The molecule has 6 heteroatoms. The van der Waals surface area contributed by atoms with Crippen molar-refractivity contribution in [2.45, 2.75) is 13.5 Å². The fourth-order valence-corrected chi connectivity index (χ4v) is 3.16. The van der Waals surface area contributed by atoms with E-state index >= 15 is 0 Å². The second kappa shape index (κ2) is 5.07. The molecule has 0 aromatic carbocycles. The molecule has 0 saturated carbocycles. The SMILES string of the molecule is Cc1nc(C(=O)NCc2cc(Br)cs2)cs1. The van der Waals surface area contributed by atoms with E-state index in [1.807, 2.05) is 18.4 Å². The van der Waals surface area contributed by atoms with Crippen LogP contribution in [-0.2, 0) is 6.54 Å². The number of carbonyl (C=O) groups excluding carboxylic acids is 1. The van der Waals surface area contributed by atoms with E-state index in [0.29, 0.717) is 12.2 Å². The lowest BCUT2D eigenvalue weighted by Crippen LogP contribution is -2.22. The Morgan fingerprint density at radius 2 is 2.31 bits per heavy atom. The third kappa shape index (κ3) is 2.90. The van der Waals surface area contributed by atoms with Crippen molar-refractivity contribution >= 4 is 44.5 Å². The zero-order valence-corrected chi connectivity index (χ0v) is 11.7. The normalized spacial score (nSPS) is 10.4. The summed E-state index contributed by atoms with van der Waals surface area (Å²) in [6.07, 6.45) is 0. The predicted octanol–water partition coefficient (Wildman–Crippen LogP) is 3.21. The van der Waals surface area contributed by atoms with Crippen LogP contribution in [0.15, 0.2) is 21.3 Å². The summed E-state index contributed by atoms with van der Waals surface area (Å²) in [6.45, 7) is 2.43. The molecule has 0 aliphatic heterocycles. The summed E-state index contributed by atoms with van der Waals surface area (Å²) in [6, 6.07) is 2.00. The Labute approximate surface area is 110 Å². The fourth-order valence-electron chi connectivity index (χ4n) is 1.17. The van der Waals surface area contributed by atoms with E-state index < -0.39 is 0 Å². The zero-order chi connectivity index (χ0) is 11.5. The van der Waals surface area contributed by atoms with Gasteiger partial charge in [-0.25, -0.2) is 4.98 Å². The third-order valence-corrected chi connectivity index (χ3v) is 4.37. The summed E-state index contributed by atoms with van der Waals surface area (Å²) in [5.74, 6) is -0.117. The molecule has 1 amide bonds. The van der Waals surface area contributed by atoms with Crippen molar-refractivity contribution in [3.05, 3.63) is 36.9 Å². The second-order valence-corrected chi connectivity index (χ2v) is 6.14. The predicted molar refractivity (Wildman–Crippen MR) is 70.0 cm³/mol. The first-order valence-corrected chi connectivity index (χ1v) is 7.13. The van der Waals surface area contributed by atoms with E-state index in [1.54, 1.807) is 16.7 Å². The lowest BCUT2D eigenvalue weighted by Gasteiger charge is -1.99. The summed E-state index contributed by atoms with van der Waals surface area (Å²) < 4.78 is 1.05. The molecule has 3 nitrogen and oxygen atoms in total. The number of hydrogen-bond acceptors (Lipinski definition) is 4. The Morgan fingerprint density at radius 1 is 1.50 bits per heavy atom. The van der Waals surface area contributed by atoms with Gasteiger partial charge in [0.2, 0.25) is 0 Å². The van der Waals surface area contributed by atoms with Gasteiger partial charge in [-0.3, -0.25) is 4.79 Å². The third-order valence-electron chi connectivity index (χ3n) is 1.90. The van der Waals surface area contributed by atoms with E-state index in [-0.39, 0.29) is 5.91 Å². The highest BCUT2D eigenvalue weighted by atomic mass is 79.9. The molecular weight excluding hydrogens is 308 g/mol. The number of carbonyl (C=O) groups is 1. The maximum absolute atomic E-state index is 11.7. The molecule has 0 unspecified atom stereocenters. The standard InChI is InChI=1S/C10H9BrN2OS2/c1-6-13-9(5-15-6)10(14)12-3-8-2-7(11)4-16-8/h2,4-5H,3H2,1H3,(H,12,14). The van der Waals surface area contributed by atoms with Crippen LogP contribution < -0.4 is 5.32 Å². The number of rotatable bonds is 3. The first-order chi connectivity index (χ1) is 7.65. The summed E-state index contributed by atoms with van der Waals surface area (Å²) in [4.78, 5) is 16.9. The minimum atomic E-state index is -0.117. The smallest absolute Gasteiger partial charge is 0.271 e. The summed E-state index contributed by atoms with van der Waals surface area (Å²) in [5.41, 5.74) is 0.498. The quantitative estimate of drug-likeness (QED) is 0.944. The van der Waals surface area contributed by atoms with Gasteiger partial charge in [-0.2, -0.15) is 0 Å². The molecule has 0 saturated heterocycles. The van der Waals surface area contributed by atoms with Crippen LogP contribution in [0.1, 0.15) is 20.4 Å². The number of halogens is 1. The number of aryl methyl sites for hydroxylation is 1. The minimum absolute atomic E-state index is 0.117. The Bertz CT molecular complexity index is 506. The van der Waals surface area contributed by atoms with Gasteiger partial charge in [0.05, 0.1) is 11.6 Å². The van der Waals surface area contributed by atoms with Crippen LogP contribution in [-0.4, -0.2) is 10.9 Å². The molecule has 84 valence electrons. The monoisotopic (exact) mass is 316 g/mol. The van der Waals surface area contributed by atoms with Crippen LogP contribution in [0.5, 0.6) is 0 Å². The number of thiophene rings is 1. The van der Waals surface area contributed by atoms with Gasteiger partial charge in [-0.1, -0.05) is 0 Å². The van der Waals surface area contributed by atoms with Gasteiger partial charge in [0.25, 0.3) is 5.91 Å². The van der Waals surface area contributed by atoms with Gasteiger partial charge in [0, 0.05) is 20.1 Å². The number of nitrogens with one attached hydrogen (secondary N) is 1. The molecule has 2 rings (SSSR count). The Kier molecular flexibility index (Phi) is 3.73. The van der Waals surface area contributed by atoms with E-state index in [2.05, 4.69) is 26.2 Å². The maximum Gasteiger partial charge on any atom is 0.271 e. The summed E-state index contributed by atoms with van der Waals surface area (Å²) in [7, 11) is 0. The molecule has 0 aliphatic carbocycles. The van der Waals surface area contributed by atoms with Gasteiger partial charge in [-0.05, 0) is 28.9 Å². The van der Waals surface area contributed by atoms with Crippen molar-refractivity contribution in [2.24, 2.45) is 0 Å². The lowest BCUT2D eigenvalue weighted by molar-refractivity contribution is 0.0947. The molecule has 16 heavy (non-hydrogen) atoms. The van der Waals surface area contributed by atoms with E-state index in [9.17, 15) is 4.79 Å². The maximum atomic E-state index is 11.7. The Balaban J connectivity index is 1.93. The molecule has 0 atom stereocenters. The van der Waals surface area contributed by atoms with Gasteiger partial charge >= 0.3 is 0 Å². The van der Waals surface area contributed by atoms with E-state index in [4.69, 9.17) is 0 Å². The molecule has 2 aromatic heterocycles. The average Bonchev–Trinajstić information content (AvgIpc) is 2.84. The molecule has 2 aromatic rings. The number of amides is 1. The molecule has 0 bridgehead atoms. The van der Waals surface area contributed by atoms with Gasteiger partial charge in [0.15, 0.2) is 0 Å². The fraction of sp³-hybridized carbons (Fsp3) is 0.200. The molecule has 0 fully saturated rings. The topological polar surface area (TPSA) is 42.0 Å². The second-order valence-electron chi connectivity index (χ2n) is 3.17. The van der Waals surface area contributed by atoms with Crippen LogP contribution in [0.3, 0.4) is 0 Å². The largest absolute Gasteiger partial charge is 0.346 e. The Hall–Kier alpha value is -0.720. The van der Waals surface area contributed by atoms with Crippen molar-refractivity contribution in [2.75, 3.05) is 0 Å². The van der Waals surface area contributed by atoms with Crippen LogP contribution in [0, 0.1) is 6.92 Å². The highest BCUT2D eigenvalue weighted by Crippen LogP contribution is 2.19. The van der Waals surface area contributed by atoms with Crippen LogP contribution >= 0.6 is 38.6 Å². The highest BCUT2D eigenvalue weighted by molar-refractivity contribution is 9.10. The van der Waals surface area contributed by atoms with Crippen molar-refractivity contribution in [3.8, 4) is 0 Å². The lowest BCUT2D eigenvalue weighted by atomic mass is 10.4. The summed E-state index contributed by atoms with van der Waals surface area (Å²) >= 11 is 6.47. The molecule has 0 spiro atoms. The number of hydrogen-bond donors (Lipinski definition) is 1. The number of aromatic nitrogens is 1. The van der Waals surface area contributed by atoms with Gasteiger partial charge in [-0.15, -0.1) is 22.7 Å². The van der Waals surface area contributed by atoms with Crippen molar-refractivity contribution in [1.82, 2.24) is 10.3 Å².